The van der Waals surface area contributed by atoms with Crippen molar-refractivity contribution >= 4 is 17.2 Å². The third kappa shape index (κ3) is 3.23. The van der Waals surface area contributed by atoms with Crippen molar-refractivity contribution in [3.05, 3.63) is 39.6 Å². The molecular weight excluding hydrogens is 298 g/mol. The summed E-state index contributed by atoms with van der Waals surface area (Å²) in [6, 6.07) is 4.10. The lowest BCUT2D eigenvalue weighted by Crippen LogP contribution is -2.43. The van der Waals surface area contributed by atoms with E-state index in [1.54, 1.807) is 11.3 Å². The van der Waals surface area contributed by atoms with Crippen LogP contribution in [0, 0.1) is 13.8 Å². The van der Waals surface area contributed by atoms with Gasteiger partial charge in [-0.3, -0.25) is 4.79 Å². The number of amides is 1. The lowest BCUT2D eigenvalue weighted by atomic mass is 10.2. The normalized spacial score (nSPS) is 18.7. The topological polar surface area (TPSA) is 47.4 Å². The van der Waals surface area contributed by atoms with Crippen LogP contribution >= 0.6 is 11.3 Å². The first-order valence-corrected chi connectivity index (χ1v) is 8.29. The Balaban J connectivity index is 1.67. The minimum Gasteiger partial charge on any atom is -0.367 e. The van der Waals surface area contributed by atoms with Crippen molar-refractivity contribution in [3.63, 3.8) is 0 Å². The molecule has 1 saturated heterocycles. The number of morpholine rings is 1. The summed E-state index contributed by atoms with van der Waals surface area (Å²) in [7, 11) is 1.97. The van der Waals surface area contributed by atoms with Gasteiger partial charge in [0.1, 0.15) is 11.9 Å². The average Bonchev–Trinajstić information content (AvgIpc) is 3.04. The number of aromatic nitrogens is 2. The number of hydrogen-bond donors (Lipinski definition) is 0. The van der Waals surface area contributed by atoms with Gasteiger partial charge >= 0.3 is 0 Å². The predicted octanol–water partition coefficient (Wildman–Crippen LogP) is 2.24. The molecule has 0 bridgehead atoms. The summed E-state index contributed by atoms with van der Waals surface area (Å²) >= 11 is 1.69. The van der Waals surface area contributed by atoms with Gasteiger partial charge in [0.25, 0.3) is 0 Å². The lowest BCUT2D eigenvalue weighted by Gasteiger charge is -2.32. The number of imidazole rings is 1. The number of hydrogen-bond acceptors (Lipinski definition) is 4. The smallest absolute Gasteiger partial charge is 0.228 e. The number of aryl methyl sites for hydroxylation is 3. The Morgan fingerprint density at radius 1 is 1.45 bits per heavy atom. The summed E-state index contributed by atoms with van der Waals surface area (Å²) in [5.74, 6) is 1.06. The highest BCUT2D eigenvalue weighted by Crippen LogP contribution is 2.23. The van der Waals surface area contributed by atoms with Crippen LogP contribution in [-0.4, -0.2) is 40.1 Å². The highest BCUT2D eigenvalue weighted by molar-refractivity contribution is 7.12. The zero-order chi connectivity index (χ0) is 15.7. The Morgan fingerprint density at radius 3 is 2.91 bits per heavy atom. The molecule has 2 aromatic rings. The van der Waals surface area contributed by atoms with Crippen LogP contribution < -0.4 is 0 Å². The second kappa shape index (κ2) is 6.22. The zero-order valence-corrected chi connectivity index (χ0v) is 14.0. The molecule has 0 saturated carbocycles. The number of ether oxygens (including phenoxy) is 1. The second-order valence-corrected chi connectivity index (χ2v) is 7.11. The predicted molar refractivity (Wildman–Crippen MR) is 86.0 cm³/mol. The molecule has 1 atom stereocenters. The van der Waals surface area contributed by atoms with Gasteiger partial charge < -0.3 is 14.2 Å². The summed E-state index contributed by atoms with van der Waals surface area (Å²) in [5.41, 5.74) is 0.971. The fourth-order valence-corrected chi connectivity index (χ4v) is 3.69. The van der Waals surface area contributed by atoms with E-state index in [1.807, 2.05) is 35.7 Å². The van der Waals surface area contributed by atoms with Gasteiger partial charge in [0, 0.05) is 29.5 Å². The Kier molecular flexibility index (Phi) is 4.31. The van der Waals surface area contributed by atoms with Gasteiger partial charge in [-0.1, -0.05) is 0 Å². The van der Waals surface area contributed by atoms with Crippen LogP contribution in [0.15, 0.2) is 18.3 Å². The minimum absolute atomic E-state index is 0.138. The fraction of sp³-hybridized carbons (Fsp3) is 0.500. The maximum atomic E-state index is 12.5. The molecule has 5 nitrogen and oxygen atoms in total. The third-order valence-corrected chi connectivity index (χ3v) is 4.86. The van der Waals surface area contributed by atoms with Crippen LogP contribution in [0.2, 0.25) is 0 Å². The lowest BCUT2D eigenvalue weighted by molar-refractivity contribution is -0.138. The van der Waals surface area contributed by atoms with E-state index in [4.69, 9.17) is 4.74 Å². The molecule has 0 spiro atoms. The van der Waals surface area contributed by atoms with Crippen molar-refractivity contribution in [3.8, 4) is 0 Å². The molecule has 0 N–H and O–H groups in total. The number of rotatable bonds is 3. The van der Waals surface area contributed by atoms with Crippen LogP contribution in [0.25, 0.3) is 0 Å². The summed E-state index contributed by atoms with van der Waals surface area (Å²) in [6.45, 7) is 5.82. The van der Waals surface area contributed by atoms with E-state index in [9.17, 15) is 4.79 Å². The average molecular weight is 319 g/mol. The standard InChI is InChI=1S/C16H21N3O2S/c1-11-9-18(3)16(17-11)14-10-19(6-7-21-14)15(20)8-13-5-4-12(2)22-13/h4-5,9,14H,6-8,10H2,1-3H3/t14-/m0/s1. The molecule has 0 aliphatic carbocycles. The zero-order valence-electron chi connectivity index (χ0n) is 13.2. The first kappa shape index (κ1) is 15.2. The van der Waals surface area contributed by atoms with Crippen LogP contribution in [0.1, 0.15) is 27.4 Å². The van der Waals surface area contributed by atoms with E-state index in [1.165, 1.54) is 4.88 Å². The van der Waals surface area contributed by atoms with Gasteiger partial charge in [-0.15, -0.1) is 11.3 Å². The van der Waals surface area contributed by atoms with E-state index in [0.29, 0.717) is 26.1 Å². The highest BCUT2D eigenvalue weighted by atomic mass is 32.1. The maximum absolute atomic E-state index is 12.5. The highest BCUT2D eigenvalue weighted by Gasteiger charge is 2.28. The molecule has 3 rings (SSSR count). The number of nitrogens with zero attached hydrogens (tertiary/aromatic N) is 3. The van der Waals surface area contributed by atoms with E-state index in [0.717, 1.165) is 16.4 Å². The second-order valence-electron chi connectivity index (χ2n) is 5.74. The van der Waals surface area contributed by atoms with Crippen molar-refractivity contribution in [2.24, 2.45) is 7.05 Å². The summed E-state index contributed by atoms with van der Waals surface area (Å²) in [4.78, 5) is 21.3. The molecule has 1 aliphatic heterocycles. The molecule has 1 aliphatic rings. The van der Waals surface area contributed by atoms with Gasteiger partial charge in [-0.2, -0.15) is 0 Å². The van der Waals surface area contributed by atoms with Crippen LogP contribution in [0.3, 0.4) is 0 Å². The minimum atomic E-state index is -0.138. The van der Waals surface area contributed by atoms with Crippen molar-refractivity contribution < 1.29 is 9.53 Å². The number of carbonyl (C=O) groups excluding carboxylic acids is 1. The molecule has 3 heterocycles. The molecule has 0 aromatic carbocycles. The van der Waals surface area contributed by atoms with E-state index >= 15 is 0 Å². The van der Waals surface area contributed by atoms with Gasteiger partial charge in [0.2, 0.25) is 5.91 Å². The van der Waals surface area contributed by atoms with Crippen LogP contribution in [-0.2, 0) is 23.0 Å². The first-order chi connectivity index (χ1) is 10.5. The molecule has 0 radical (unpaired) electrons. The Labute approximate surface area is 134 Å². The van der Waals surface area contributed by atoms with Crippen molar-refractivity contribution in [1.29, 1.82) is 0 Å². The summed E-state index contributed by atoms with van der Waals surface area (Å²) < 4.78 is 7.80. The molecule has 2 aromatic heterocycles. The van der Waals surface area contributed by atoms with Crippen LogP contribution in [0.4, 0.5) is 0 Å². The van der Waals surface area contributed by atoms with E-state index in [-0.39, 0.29) is 12.0 Å². The summed E-state index contributed by atoms with van der Waals surface area (Å²) in [5, 5.41) is 0. The van der Waals surface area contributed by atoms with Gasteiger partial charge in [-0.05, 0) is 26.0 Å². The molecule has 6 heteroatoms. The number of carbonyl (C=O) groups is 1. The van der Waals surface area contributed by atoms with Crippen LogP contribution in [0.5, 0.6) is 0 Å². The maximum Gasteiger partial charge on any atom is 0.228 e. The Hall–Kier alpha value is -1.66. The quantitative estimate of drug-likeness (QED) is 0.872. The fourth-order valence-electron chi connectivity index (χ4n) is 2.81. The SMILES string of the molecule is Cc1cn(C)c([C@@H]2CN(C(=O)Cc3ccc(C)s3)CCO2)n1. The van der Waals surface area contributed by atoms with E-state index < -0.39 is 0 Å². The monoisotopic (exact) mass is 319 g/mol. The van der Waals surface area contributed by atoms with Crippen molar-refractivity contribution in [2.75, 3.05) is 19.7 Å². The molecule has 118 valence electrons. The van der Waals surface area contributed by atoms with Gasteiger partial charge in [0.15, 0.2) is 0 Å². The van der Waals surface area contributed by atoms with Crippen molar-refractivity contribution in [2.45, 2.75) is 26.4 Å². The molecule has 22 heavy (non-hydrogen) atoms. The van der Waals surface area contributed by atoms with Crippen molar-refractivity contribution in [1.82, 2.24) is 14.5 Å². The Morgan fingerprint density at radius 2 is 2.27 bits per heavy atom. The Bertz CT molecular complexity index is 677. The first-order valence-electron chi connectivity index (χ1n) is 7.47. The number of thiophene rings is 1. The molecule has 1 amide bonds. The molecular formula is C16H21N3O2S. The van der Waals surface area contributed by atoms with Gasteiger partial charge in [0.05, 0.1) is 25.3 Å². The summed E-state index contributed by atoms with van der Waals surface area (Å²) in [6.07, 6.45) is 2.32. The third-order valence-electron chi connectivity index (χ3n) is 3.86. The van der Waals surface area contributed by atoms with Gasteiger partial charge in [-0.25, -0.2) is 4.98 Å². The molecule has 0 unspecified atom stereocenters. The largest absolute Gasteiger partial charge is 0.367 e. The van der Waals surface area contributed by atoms with E-state index in [2.05, 4.69) is 18.0 Å². The molecule has 1 fully saturated rings.